The summed E-state index contributed by atoms with van der Waals surface area (Å²) in [5, 5.41) is 8.84. The van der Waals surface area contributed by atoms with Crippen molar-refractivity contribution < 1.29 is 19.1 Å². The van der Waals surface area contributed by atoms with Crippen LogP contribution in [-0.4, -0.2) is 29.0 Å². The lowest BCUT2D eigenvalue weighted by Crippen LogP contribution is -2.26. The highest BCUT2D eigenvalue weighted by Crippen LogP contribution is 2.18. The fraction of sp³-hybridized carbons (Fsp3) is 0.154. The van der Waals surface area contributed by atoms with Crippen LogP contribution in [0.3, 0.4) is 0 Å². The average molecular weight is 260 g/mol. The fourth-order valence-electron chi connectivity index (χ4n) is 1.58. The number of anilines is 1. The molecule has 0 unspecified atom stereocenters. The fourth-order valence-corrected chi connectivity index (χ4v) is 1.58. The summed E-state index contributed by atoms with van der Waals surface area (Å²) in [7, 11) is 1.56. The first-order chi connectivity index (χ1) is 8.99. The maximum atomic E-state index is 12.2. The van der Waals surface area contributed by atoms with Crippen molar-refractivity contribution in [2.75, 3.05) is 11.9 Å². The van der Waals surface area contributed by atoms with E-state index in [0.717, 1.165) is 0 Å². The summed E-state index contributed by atoms with van der Waals surface area (Å²) in [4.78, 5) is 28.0. The second-order valence-corrected chi connectivity index (χ2v) is 3.98. The molecule has 0 aliphatic rings. The van der Waals surface area contributed by atoms with Crippen molar-refractivity contribution in [3.63, 3.8) is 0 Å². The first-order valence-electron chi connectivity index (χ1n) is 5.53. The molecule has 2 heterocycles. The molecule has 1 N–H and O–H groups in total. The SMILES string of the molecule is Cc1ccc(N(C)C(=O)c2ccnc(C(=O)O)c2)o1. The summed E-state index contributed by atoms with van der Waals surface area (Å²) in [5.74, 6) is -0.447. The molecule has 2 rings (SSSR count). The number of carboxylic acid groups (broad SMARTS) is 1. The van der Waals surface area contributed by atoms with Crippen LogP contribution >= 0.6 is 0 Å². The minimum absolute atomic E-state index is 0.171. The molecule has 0 saturated carbocycles. The van der Waals surface area contributed by atoms with Gasteiger partial charge in [-0.15, -0.1) is 0 Å². The van der Waals surface area contributed by atoms with Gasteiger partial charge in [-0.1, -0.05) is 0 Å². The van der Waals surface area contributed by atoms with Gasteiger partial charge in [-0.25, -0.2) is 9.78 Å². The van der Waals surface area contributed by atoms with Gasteiger partial charge in [-0.3, -0.25) is 9.69 Å². The molecule has 98 valence electrons. The molecule has 0 aliphatic heterocycles. The lowest BCUT2D eigenvalue weighted by molar-refractivity contribution is 0.0690. The Morgan fingerprint density at radius 2 is 2.05 bits per heavy atom. The molecule has 0 bridgehead atoms. The first-order valence-corrected chi connectivity index (χ1v) is 5.53. The van der Waals surface area contributed by atoms with Crippen LogP contribution in [0.25, 0.3) is 0 Å². The zero-order chi connectivity index (χ0) is 14.0. The number of hydrogen-bond acceptors (Lipinski definition) is 4. The van der Waals surface area contributed by atoms with E-state index in [0.29, 0.717) is 11.6 Å². The van der Waals surface area contributed by atoms with E-state index < -0.39 is 5.97 Å². The lowest BCUT2D eigenvalue weighted by atomic mass is 10.2. The number of rotatable bonds is 3. The normalized spacial score (nSPS) is 10.2. The molecule has 2 aromatic rings. The number of hydrogen-bond donors (Lipinski definition) is 1. The van der Waals surface area contributed by atoms with Gasteiger partial charge < -0.3 is 9.52 Å². The average Bonchev–Trinajstić information content (AvgIpc) is 2.84. The third-order valence-electron chi connectivity index (χ3n) is 2.59. The zero-order valence-electron chi connectivity index (χ0n) is 10.5. The highest BCUT2D eigenvalue weighted by atomic mass is 16.4. The Morgan fingerprint density at radius 3 is 2.63 bits per heavy atom. The van der Waals surface area contributed by atoms with E-state index in [1.807, 2.05) is 0 Å². The molecule has 0 aliphatic carbocycles. The molecule has 2 aromatic heterocycles. The van der Waals surface area contributed by atoms with Crippen LogP contribution in [0.4, 0.5) is 5.88 Å². The predicted molar refractivity (Wildman–Crippen MR) is 67.4 cm³/mol. The van der Waals surface area contributed by atoms with E-state index in [9.17, 15) is 9.59 Å². The standard InChI is InChI=1S/C13H12N2O4/c1-8-3-4-11(19-8)15(2)12(16)9-5-6-14-10(7-9)13(17)18/h3-7H,1-2H3,(H,17,18). The zero-order valence-corrected chi connectivity index (χ0v) is 10.5. The minimum atomic E-state index is -1.17. The minimum Gasteiger partial charge on any atom is -0.477 e. The Balaban J connectivity index is 2.29. The smallest absolute Gasteiger partial charge is 0.354 e. The number of aromatic nitrogens is 1. The van der Waals surface area contributed by atoms with Crippen LogP contribution in [0, 0.1) is 6.92 Å². The second-order valence-electron chi connectivity index (χ2n) is 3.98. The van der Waals surface area contributed by atoms with Crippen molar-refractivity contribution in [3.8, 4) is 0 Å². The van der Waals surface area contributed by atoms with Gasteiger partial charge in [-0.05, 0) is 25.1 Å². The molecule has 6 nitrogen and oxygen atoms in total. The number of furan rings is 1. The van der Waals surface area contributed by atoms with E-state index in [1.54, 1.807) is 26.1 Å². The molecule has 0 aromatic carbocycles. The maximum Gasteiger partial charge on any atom is 0.354 e. The van der Waals surface area contributed by atoms with Crippen molar-refractivity contribution >= 4 is 17.8 Å². The summed E-state index contributed by atoms with van der Waals surface area (Å²) in [6.07, 6.45) is 1.29. The van der Waals surface area contributed by atoms with Crippen LogP contribution in [0.1, 0.15) is 26.6 Å². The van der Waals surface area contributed by atoms with Crippen molar-refractivity contribution in [3.05, 3.63) is 47.5 Å². The third-order valence-corrected chi connectivity index (χ3v) is 2.59. The second kappa shape index (κ2) is 4.93. The summed E-state index contributed by atoms with van der Waals surface area (Å²) >= 11 is 0. The van der Waals surface area contributed by atoms with Crippen molar-refractivity contribution in [2.45, 2.75) is 6.92 Å². The molecular weight excluding hydrogens is 248 g/mol. The first kappa shape index (κ1) is 12.8. The largest absolute Gasteiger partial charge is 0.477 e. The van der Waals surface area contributed by atoms with Crippen LogP contribution in [-0.2, 0) is 0 Å². The van der Waals surface area contributed by atoms with E-state index in [2.05, 4.69) is 4.98 Å². The number of pyridine rings is 1. The van der Waals surface area contributed by atoms with Crippen LogP contribution in [0.15, 0.2) is 34.9 Å². The Bertz CT molecular complexity index is 633. The Morgan fingerprint density at radius 1 is 1.32 bits per heavy atom. The molecule has 0 spiro atoms. The Kier molecular flexibility index (Phi) is 3.33. The van der Waals surface area contributed by atoms with Crippen molar-refractivity contribution in [1.29, 1.82) is 0 Å². The van der Waals surface area contributed by atoms with Gasteiger partial charge in [0, 0.05) is 24.9 Å². The molecule has 0 saturated heterocycles. The molecule has 19 heavy (non-hydrogen) atoms. The molecular formula is C13H12N2O4. The van der Waals surface area contributed by atoms with Crippen LogP contribution < -0.4 is 4.90 Å². The Hall–Kier alpha value is -2.63. The molecule has 6 heteroatoms. The van der Waals surface area contributed by atoms with Gasteiger partial charge in [0.1, 0.15) is 11.5 Å². The number of amides is 1. The quantitative estimate of drug-likeness (QED) is 0.911. The Labute approximate surface area is 109 Å². The topological polar surface area (TPSA) is 83.6 Å². The number of aryl methyl sites for hydroxylation is 1. The van der Waals surface area contributed by atoms with E-state index in [4.69, 9.17) is 9.52 Å². The van der Waals surface area contributed by atoms with Gasteiger partial charge in [0.25, 0.3) is 5.91 Å². The summed E-state index contributed by atoms with van der Waals surface area (Å²) in [5.41, 5.74) is 0.0684. The number of aromatic carboxylic acids is 1. The highest BCUT2D eigenvalue weighted by molar-refractivity contribution is 6.05. The van der Waals surface area contributed by atoms with E-state index in [-0.39, 0.29) is 17.2 Å². The van der Waals surface area contributed by atoms with Gasteiger partial charge in [0.15, 0.2) is 0 Å². The summed E-state index contributed by atoms with van der Waals surface area (Å²) < 4.78 is 5.34. The van der Waals surface area contributed by atoms with Gasteiger partial charge >= 0.3 is 5.97 Å². The number of carboxylic acids is 1. The third kappa shape index (κ3) is 2.62. The van der Waals surface area contributed by atoms with Gasteiger partial charge in [-0.2, -0.15) is 0 Å². The lowest BCUT2D eigenvalue weighted by Gasteiger charge is -2.14. The molecule has 0 radical (unpaired) electrons. The van der Waals surface area contributed by atoms with Gasteiger partial charge in [0.2, 0.25) is 5.88 Å². The van der Waals surface area contributed by atoms with Gasteiger partial charge in [0.05, 0.1) is 0 Å². The van der Waals surface area contributed by atoms with Crippen LogP contribution in [0.5, 0.6) is 0 Å². The van der Waals surface area contributed by atoms with E-state index in [1.165, 1.54) is 23.2 Å². The molecule has 0 fully saturated rings. The number of carbonyl (C=O) groups excluding carboxylic acids is 1. The van der Waals surface area contributed by atoms with Crippen molar-refractivity contribution in [1.82, 2.24) is 4.98 Å². The summed E-state index contributed by atoms with van der Waals surface area (Å²) in [6.45, 7) is 1.77. The number of carbonyl (C=O) groups is 2. The van der Waals surface area contributed by atoms with E-state index >= 15 is 0 Å². The molecule has 0 atom stereocenters. The highest BCUT2D eigenvalue weighted by Gasteiger charge is 2.17. The maximum absolute atomic E-state index is 12.2. The van der Waals surface area contributed by atoms with Crippen LogP contribution in [0.2, 0.25) is 0 Å². The monoisotopic (exact) mass is 260 g/mol. The summed E-state index contributed by atoms with van der Waals surface area (Å²) in [6, 6.07) is 6.11. The van der Waals surface area contributed by atoms with Crippen molar-refractivity contribution in [2.24, 2.45) is 0 Å². The number of nitrogens with zero attached hydrogens (tertiary/aromatic N) is 2. The predicted octanol–water partition coefficient (Wildman–Crippen LogP) is 1.96. The molecule has 1 amide bonds.